The SMILES string of the molecule is CCCN(CC1CC1)C(=O)C1(N)CCOCC1.Cl. The number of carbonyl (C=O) groups excluding carboxylic acids is 1. The molecule has 1 saturated carbocycles. The van der Waals surface area contributed by atoms with E-state index in [9.17, 15) is 4.79 Å². The summed E-state index contributed by atoms with van der Waals surface area (Å²) >= 11 is 0. The van der Waals surface area contributed by atoms with Crippen LogP contribution in [0.25, 0.3) is 0 Å². The van der Waals surface area contributed by atoms with Gasteiger partial charge in [0, 0.05) is 26.3 Å². The second-order valence-electron chi connectivity index (χ2n) is 5.46. The lowest BCUT2D eigenvalue weighted by Gasteiger charge is -2.36. The topological polar surface area (TPSA) is 55.6 Å². The molecule has 0 radical (unpaired) electrons. The first kappa shape index (κ1) is 15.7. The van der Waals surface area contributed by atoms with Crippen molar-refractivity contribution < 1.29 is 9.53 Å². The van der Waals surface area contributed by atoms with Crippen LogP contribution in [0.3, 0.4) is 0 Å². The van der Waals surface area contributed by atoms with Gasteiger partial charge in [0.25, 0.3) is 0 Å². The quantitative estimate of drug-likeness (QED) is 0.829. The third-order valence-electron chi connectivity index (χ3n) is 3.77. The fourth-order valence-corrected chi connectivity index (χ4v) is 2.42. The van der Waals surface area contributed by atoms with Crippen molar-refractivity contribution in [1.82, 2.24) is 4.90 Å². The van der Waals surface area contributed by atoms with Crippen LogP contribution in [0.1, 0.15) is 39.0 Å². The third-order valence-corrected chi connectivity index (χ3v) is 3.77. The Morgan fingerprint density at radius 2 is 2.00 bits per heavy atom. The van der Waals surface area contributed by atoms with Gasteiger partial charge in [-0.1, -0.05) is 6.92 Å². The van der Waals surface area contributed by atoms with Crippen molar-refractivity contribution in [1.29, 1.82) is 0 Å². The standard InChI is InChI=1S/C13H24N2O2.ClH/c1-2-7-15(10-11-3-4-11)12(16)13(14)5-8-17-9-6-13;/h11H,2-10,14H2,1H3;1H. The molecule has 1 amide bonds. The summed E-state index contributed by atoms with van der Waals surface area (Å²) in [5, 5.41) is 0. The Labute approximate surface area is 116 Å². The van der Waals surface area contributed by atoms with Crippen LogP contribution in [0.2, 0.25) is 0 Å². The number of rotatable bonds is 5. The van der Waals surface area contributed by atoms with Gasteiger partial charge < -0.3 is 15.4 Å². The Balaban J connectivity index is 0.00000162. The summed E-state index contributed by atoms with van der Waals surface area (Å²) in [6.07, 6.45) is 4.88. The molecule has 4 nitrogen and oxygen atoms in total. The van der Waals surface area contributed by atoms with Gasteiger partial charge in [-0.25, -0.2) is 0 Å². The van der Waals surface area contributed by atoms with Gasteiger partial charge in [0.15, 0.2) is 0 Å². The molecule has 2 N–H and O–H groups in total. The molecule has 0 unspecified atom stereocenters. The van der Waals surface area contributed by atoms with Crippen LogP contribution in [-0.4, -0.2) is 42.6 Å². The summed E-state index contributed by atoms with van der Waals surface area (Å²) in [7, 11) is 0. The number of ether oxygens (including phenoxy) is 1. The Kier molecular flexibility index (Phi) is 5.89. The molecule has 0 bridgehead atoms. The summed E-state index contributed by atoms with van der Waals surface area (Å²) in [4.78, 5) is 14.5. The maximum atomic E-state index is 12.5. The maximum absolute atomic E-state index is 12.5. The number of nitrogens with zero attached hydrogens (tertiary/aromatic N) is 1. The smallest absolute Gasteiger partial charge is 0.242 e. The molecular weight excluding hydrogens is 252 g/mol. The fraction of sp³-hybridized carbons (Fsp3) is 0.923. The van der Waals surface area contributed by atoms with Crippen molar-refractivity contribution in [2.24, 2.45) is 11.7 Å². The van der Waals surface area contributed by atoms with E-state index in [1.165, 1.54) is 12.8 Å². The van der Waals surface area contributed by atoms with E-state index in [2.05, 4.69) is 6.92 Å². The van der Waals surface area contributed by atoms with E-state index in [0.717, 1.165) is 25.4 Å². The van der Waals surface area contributed by atoms with E-state index in [1.807, 2.05) is 4.90 Å². The zero-order valence-electron chi connectivity index (χ0n) is 11.2. The highest BCUT2D eigenvalue weighted by Gasteiger charge is 2.40. The highest BCUT2D eigenvalue weighted by atomic mass is 35.5. The number of carbonyl (C=O) groups is 1. The van der Waals surface area contributed by atoms with Crippen molar-refractivity contribution in [3.05, 3.63) is 0 Å². The highest BCUT2D eigenvalue weighted by molar-refractivity contribution is 5.86. The number of hydrogen-bond acceptors (Lipinski definition) is 3. The molecule has 2 aliphatic rings. The van der Waals surface area contributed by atoms with Gasteiger partial charge in [-0.15, -0.1) is 12.4 Å². The largest absolute Gasteiger partial charge is 0.381 e. The van der Waals surface area contributed by atoms with Crippen molar-refractivity contribution in [2.45, 2.75) is 44.6 Å². The van der Waals surface area contributed by atoms with E-state index in [4.69, 9.17) is 10.5 Å². The molecule has 1 heterocycles. The lowest BCUT2D eigenvalue weighted by Crippen LogP contribution is -2.58. The monoisotopic (exact) mass is 276 g/mol. The van der Waals surface area contributed by atoms with Crippen LogP contribution in [0, 0.1) is 5.92 Å². The van der Waals surface area contributed by atoms with E-state index >= 15 is 0 Å². The molecule has 106 valence electrons. The Bertz CT molecular complexity index is 276. The van der Waals surface area contributed by atoms with Crippen LogP contribution >= 0.6 is 12.4 Å². The van der Waals surface area contributed by atoms with Gasteiger partial charge in [0.1, 0.15) is 0 Å². The highest BCUT2D eigenvalue weighted by Crippen LogP contribution is 2.31. The molecule has 1 aliphatic carbocycles. The molecule has 0 aromatic carbocycles. The van der Waals surface area contributed by atoms with E-state index in [-0.39, 0.29) is 18.3 Å². The summed E-state index contributed by atoms with van der Waals surface area (Å²) in [6, 6.07) is 0. The van der Waals surface area contributed by atoms with Gasteiger partial charge in [0.05, 0.1) is 5.54 Å². The van der Waals surface area contributed by atoms with Crippen molar-refractivity contribution in [3.63, 3.8) is 0 Å². The lowest BCUT2D eigenvalue weighted by molar-refractivity contribution is -0.140. The van der Waals surface area contributed by atoms with E-state index in [0.29, 0.717) is 26.1 Å². The predicted molar refractivity (Wildman–Crippen MR) is 73.8 cm³/mol. The minimum Gasteiger partial charge on any atom is -0.381 e. The number of amides is 1. The first-order chi connectivity index (χ1) is 8.15. The first-order valence-electron chi connectivity index (χ1n) is 6.82. The molecule has 2 fully saturated rings. The van der Waals surface area contributed by atoms with Crippen molar-refractivity contribution in [2.75, 3.05) is 26.3 Å². The molecular formula is C13H25ClN2O2. The van der Waals surface area contributed by atoms with Crippen molar-refractivity contribution in [3.8, 4) is 0 Å². The van der Waals surface area contributed by atoms with Gasteiger partial charge in [0.2, 0.25) is 5.91 Å². The van der Waals surface area contributed by atoms with Crippen LogP contribution in [0.5, 0.6) is 0 Å². The first-order valence-corrected chi connectivity index (χ1v) is 6.82. The minimum absolute atomic E-state index is 0. The predicted octanol–water partition coefficient (Wildman–Crippen LogP) is 1.56. The zero-order chi connectivity index (χ0) is 12.3. The minimum atomic E-state index is -0.664. The summed E-state index contributed by atoms with van der Waals surface area (Å²) in [6.45, 7) is 5.10. The molecule has 0 aromatic rings. The molecule has 0 atom stereocenters. The van der Waals surface area contributed by atoms with Crippen LogP contribution in [-0.2, 0) is 9.53 Å². The number of halogens is 1. The van der Waals surface area contributed by atoms with Gasteiger partial charge in [-0.05, 0) is 38.0 Å². The molecule has 2 rings (SSSR count). The summed E-state index contributed by atoms with van der Waals surface area (Å²) in [5.74, 6) is 0.878. The molecule has 18 heavy (non-hydrogen) atoms. The Morgan fingerprint density at radius 3 is 2.50 bits per heavy atom. The van der Waals surface area contributed by atoms with Crippen LogP contribution in [0.15, 0.2) is 0 Å². The maximum Gasteiger partial charge on any atom is 0.242 e. The normalized spacial score (nSPS) is 22.1. The third kappa shape index (κ3) is 3.84. The summed E-state index contributed by atoms with van der Waals surface area (Å²) < 4.78 is 5.30. The molecule has 5 heteroatoms. The summed E-state index contributed by atoms with van der Waals surface area (Å²) in [5.41, 5.74) is 5.59. The zero-order valence-corrected chi connectivity index (χ0v) is 12.0. The molecule has 0 spiro atoms. The van der Waals surface area contributed by atoms with Gasteiger partial charge >= 0.3 is 0 Å². The number of hydrogen-bond donors (Lipinski definition) is 1. The molecule has 1 aliphatic heterocycles. The second-order valence-corrected chi connectivity index (χ2v) is 5.46. The molecule has 1 saturated heterocycles. The van der Waals surface area contributed by atoms with Gasteiger partial charge in [-0.2, -0.15) is 0 Å². The average molecular weight is 277 g/mol. The van der Waals surface area contributed by atoms with E-state index < -0.39 is 5.54 Å². The number of nitrogens with two attached hydrogens (primary N) is 1. The second kappa shape index (κ2) is 6.73. The van der Waals surface area contributed by atoms with Crippen molar-refractivity contribution >= 4 is 18.3 Å². The van der Waals surface area contributed by atoms with E-state index in [1.54, 1.807) is 0 Å². The lowest BCUT2D eigenvalue weighted by atomic mass is 9.89. The fourth-order valence-electron chi connectivity index (χ4n) is 2.42. The van der Waals surface area contributed by atoms with Gasteiger partial charge in [-0.3, -0.25) is 4.79 Å². The average Bonchev–Trinajstić information content (AvgIpc) is 3.12. The molecule has 0 aromatic heterocycles. The van der Waals surface area contributed by atoms with Crippen LogP contribution < -0.4 is 5.73 Å². The van der Waals surface area contributed by atoms with Crippen LogP contribution in [0.4, 0.5) is 0 Å². The Hall–Kier alpha value is -0.320. The Morgan fingerprint density at radius 1 is 1.39 bits per heavy atom.